The summed E-state index contributed by atoms with van der Waals surface area (Å²) >= 11 is 0. The maximum absolute atomic E-state index is 13.4. The van der Waals surface area contributed by atoms with Crippen LogP contribution in [-0.4, -0.2) is 45.5 Å². The van der Waals surface area contributed by atoms with E-state index in [-0.39, 0.29) is 52.8 Å². The standard InChI is InChI=1S/C16H22FN3O2S.HI/c1-18-15(20-14-5-8-23(21,22)10-14)19-11-16(6-7-16)12-3-2-4-13(17)9-12;/h2-4,9,14H,5-8,10-11H2,1H3,(H2,18,19,20);1H. The van der Waals surface area contributed by atoms with Crippen molar-refractivity contribution >= 4 is 39.8 Å². The zero-order valence-electron chi connectivity index (χ0n) is 13.6. The van der Waals surface area contributed by atoms with Crippen molar-refractivity contribution in [1.29, 1.82) is 0 Å². The summed E-state index contributed by atoms with van der Waals surface area (Å²) in [7, 11) is -1.25. The molecule has 1 unspecified atom stereocenters. The minimum Gasteiger partial charge on any atom is -0.356 e. The molecule has 0 amide bonds. The lowest BCUT2D eigenvalue weighted by Gasteiger charge is -2.21. The topological polar surface area (TPSA) is 70.6 Å². The molecule has 24 heavy (non-hydrogen) atoms. The van der Waals surface area contributed by atoms with Gasteiger partial charge in [-0.3, -0.25) is 4.99 Å². The third-order valence-electron chi connectivity index (χ3n) is 4.68. The molecule has 1 aliphatic heterocycles. The molecule has 0 radical (unpaired) electrons. The zero-order valence-corrected chi connectivity index (χ0v) is 16.7. The number of nitrogens with one attached hydrogen (secondary N) is 2. The molecule has 2 fully saturated rings. The van der Waals surface area contributed by atoms with E-state index in [2.05, 4.69) is 15.6 Å². The molecule has 1 saturated heterocycles. The van der Waals surface area contributed by atoms with Gasteiger partial charge in [0.1, 0.15) is 5.82 Å². The first-order valence-corrected chi connectivity index (χ1v) is 9.68. The lowest BCUT2D eigenvalue weighted by molar-refractivity contribution is 0.595. The summed E-state index contributed by atoms with van der Waals surface area (Å²) in [5, 5.41) is 6.44. The van der Waals surface area contributed by atoms with Gasteiger partial charge in [-0.25, -0.2) is 12.8 Å². The van der Waals surface area contributed by atoms with Crippen molar-refractivity contribution in [3.8, 4) is 0 Å². The minimum atomic E-state index is -2.92. The number of rotatable bonds is 4. The Hall–Kier alpha value is -0.900. The van der Waals surface area contributed by atoms with Crippen LogP contribution in [0.25, 0.3) is 0 Å². The second-order valence-corrected chi connectivity index (χ2v) is 8.69. The van der Waals surface area contributed by atoms with Gasteiger partial charge in [0.15, 0.2) is 15.8 Å². The average molecular weight is 467 g/mol. The Bertz CT molecular complexity index is 720. The highest BCUT2D eigenvalue weighted by atomic mass is 127. The van der Waals surface area contributed by atoms with Crippen molar-refractivity contribution in [2.45, 2.75) is 30.7 Å². The van der Waals surface area contributed by atoms with Crippen molar-refractivity contribution in [3.05, 3.63) is 35.6 Å². The molecular formula is C16H23FIN3O2S. The second kappa shape index (κ2) is 7.55. The average Bonchev–Trinajstić information content (AvgIpc) is 3.22. The number of nitrogens with zero attached hydrogens (tertiary/aromatic N) is 1. The van der Waals surface area contributed by atoms with Gasteiger partial charge in [0.2, 0.25) is 0 Å². The summed E-state index contributed by atoms with van der Waals surface area (Å²) in [6.07, 6.45) is 2.63. The summed E-state index contributed by atoms with van der Waals surface area (Å²) in [6.45, 7) is 0.662. The highest BCUT2D eigenvalue weighted by Gasteiger charge is 2.44. The predicted molar refractivity (Wildman–Crippen MR) is 104 cm³/mol. The third-order valence-corrected chi connectivity index (χ3v) is 6.45. The molecule has 0 aromatic heterocycles. The molecule has 1 heterocycles. The molecule has 5 nitrogen and oxygen atoms in total. The minimum absolute atomic E-state index is 0. The van der Waals surface area contributed by atoms with E-state index in [1.54, 1.807) is 19.2 Å². The fourth-order valence-electron chi connectivity index (χ4n) is 3.09. The van der Waals surface area contributed by atoms with Crippen LogP contribution < -0.4 is 10.6 Å². The van der Waals surface area contributed by atoms with Crippen molar-refractivity contribution in [2.24, 2.45) is 4.99 Å². The molecule has 1 aliphatic carbocycles. The number of halogens is 2. The van der Waals surface area contributed by atoms with Crippen molar-refractivity contribution in [3.63, 3.8) is 0 Å². The lowest BCUT2D eigenvalue weighted by Crippen LogP contribution is -2.46. The van der Waals surface area contributed by atoms with Gasteiger partial charge in [0.05, 0.1) is 11.5 Å². The van der Waals surface area contributed by atoms with Crippen molar-refractivity contribution in [2.75, 3.05) is 25.1 Å². The molecule has 134 valence electrons. The number of benzene rings is 1. The van der Waals surface area contributed by atoms with Crippen LogP contribution in [0.2, 0.25) is 0 Å². The molecule has 2 N–H and O–H groups in total. The first kappa shape index (κ1) is 19.4. The summed E-state index contributed by atoms with van der Waals surface area (Å²) in [5.41, 5.74) is 0.963. The molecule has 1 aromatic carbocycles. The predicted octanol–water partition coefficient (Wildman–Crippen LogP) is 1.83. The maximum Gasteiger partial charge on any atom is 0.191 e. The van der Waals surface area contributed by atoms with Crippen LogP contribution in [0.4, 0.5) is 4.39 Å². The zero-order chi connectivity index (χ0) is 16.5. The molecule has 1 aromatic rings. The summed E-state index contributed by atoms with van der Waals surface area (Å²) in [4.78, 5) is 4.17. The normalized spacial score (nSPS) is 24.1. The van der Waals surface area contributed by atoms with E-state index < -0.39 is 9.84 Å². The molecule has 2 aliphatic rings. The Kier molecular flexibility index (Phi) is 6.11. The number of sulfone groups is 1. The fourth-order valence-corrected chi connectivity index (χ4v) is 4.76. The smallest absolute Gasteiger partial charge is 0.191 e. The highest BCUT2D eigenvalue weighted by Crippen LogP contribution is 2.47. The van der Waals surface area contributed by atoms with E-state index in [0.717, 1.165) is 18.4 Å². The van der Waals surface area contributed by atoms with Gasteiger partial charge >= 0.3 is 0 Å². The molecule has 8 heteroatoms. The Morgan fingerprint density at radius 1 is 1.42 bits per heavy atom. The summed E-state index contributed by atoms with van der Waals surface area (Å²) in [5.74, 6) is 0.777. The Balaban J connectivity index is 0.00000208. The van der Waals surface area contributed by atoms with Crippen LogP contribution >= 0.6 is 24.0 Å². The summed E-state index contributed by atoms with van der Waals surface area (Å²) < 4.78 is 36.5. The maximum atomic E-state index is 13.4. The Morgan fingerprint density at radius 2 is 2.17 bits per heavy atom. The van der Waals surface area contributed by atoms with E-state index in [1.807, 2.05) is 6.07 Å². The van der Waals surface area contributed by atoms with Gasteiger partial charge in [-0.2, -0.15) is 0 Å². The number of hydrogen-bond acceptors (Lipinski definition) is 3. The Morgan fingerprint density at radius 3 is 2.71 bits per heavy atom. The molecule has 3 rings (SSSR count). The largest absolute Gasteiger partial charge is 0.356 e. The van der Waals surface area contributed by atoms with E-state index in [4.69, 9.17) is 0 Å². The van der Waals surface area contributed by atoms with Gasteiger partial charge < -0.3 is 10.6 Å². The lowest BCUT2D eigenvalue weighted by atomic mass is 9.96. The van der Waals surface area contributed by atoms with Gasteiger partial charge in [0, 0.05) is 25.0 Å². The monoisotopic (exact) mass is 467 g/mol. The molecule has 0 bridgehead atoms. The van der Waals surface area contributed by atoms with Gasteiger partial charge in [-0.05, 0) is 37.0 Å². The van der Waals surface area contributed by atoms with E-state index in [0.29, 0.717) is 18.9 Å². The number of hydrogen-bond donors (Lipinski definition) is 2. The highest BCUT2D eigenvalue weighted by molar-refractivity contribution is 14.0. The van der Waals surface area contributed by atoms with E-state index in [9.17, 15) is 12.8 Å². The van der Waals surface area contributed by atoms with Crippen LogP contribution in [0.1, 0.15) is 24.8 Å². The van der Waals surface area contributed by atoms with Crippen LogP contribution in [-0.2, 0) is 15.3 Å². The van der Waals surface area contributed by atoms with Crippen LogP contribution in [0.15, 0.2) is 29.3 Å². The van der Waals surface area contributed by atoms with Gasteiger partial charge in [0.25, 0.3) is 0 Å². The third kappa shape index (κ3) is 4.59. The summed E-state index contributed by atoms with van der Waals surface area (Å²) in [6, 6.07) is 6.65. The molecule has 1 atom stereocenters. The fraction of sp³-hybridized carbons (Fsp3) is 0.562. The number of guanidine groups is 1. The molecule has 0 spiro atoms. The molecule has 1 saturated carbocycles. The van der Waals surface area contributed by atoms with Crippen molar-refractivity contribution < 1.29 is 12.8 Å². The second-order valence-electron chi connectivity index (χ2n) is 6.46. The van der Waals surface area contributed by atoms with Gasteiger partial charge in [-0.1, -0.05) is 12.1 Å². The SMILES string of the molecule is CN=C(NCC1(c2cccc(F)c2)CC1)NC1CCS(=O)(=O)C1.I. The van der Waals surface area contributed by atoms with E-state index in [1.165, 1.54) is 6.07 Å². The quantitative estimate of drug-likeness (QED) is 0.403. The van der Waals surface area contributed by atoms with Crippen LogP contribution in [0.3, 0.4) is 0 Å². The Labute approximate surface area is 159 Å². The first-order chi connectivity index (χ1) is 10.9. The first-order valence-electron chi connectivity index (χ1n) is 7.86. The van der Waals surface area contributed by atoms with Crippen molar-refractivity contribution in [1.82, 2.24) is 10.6 Å². The number of aliphatic imine (C=N–C) groups is 1. The van der Waals surface area contributed by atoms with Gasteiger partial charge in [-0.15, -0.1) is 24.0 Å². The van der Waals surface area contributed by atoms with Crippen LogP contribution in [0.5, 0.6) is 0 Å². The van der Waals surface area contributed by atoms with E-state index >= 15 is 0 Å². The molecular weight excluding hydrogens is 444 g/mol. The van der Waals surface area contributed by atoms with Crippen LogP contribution in [0, 0.1) is 5.82 Å².